The van der Waals surface area contributed by atoms with E-state index in [1.165, 1.54) is 0 Å². The van der Waals surface area contributed by atoms with Gasteiger partial charge in [0.2, 0.25) is 0 Å². The van der Waals surface area contributed by atoms with Gasteiger partial charge in [-0.1, -0.05) is 20.4 Å². The van der Waals surface area contributed by atoms with E-state index in [4.69, 9.17) is 9.47 Å². The molecule has 2 saturated heterocycles. The molecule has 3 fully saturated rings. The van der Waals surface area contributed by atoms with Crippen LogP contribution in [-0.2, 0) is 14.3 Å². The third-order valence-electron chi connectivity index (χ3n) is 5.65. The SMILES string of the molecule is C=C(CO)C12OC1C1(C)C(=CC2=O)C2OC2CC1C. The van der Waals surface area contributed by atoms with Crippen molar-refractivity contribution in [2.24, 2.45) is 11.3 Å². The molecule has 6 atom stereocenters. The van der Waals surface area contributed by atoms with Crippen LogP contribution < -0.4 is 0 Å². The predicted octanol–water partition coefficient (Wildman–Crippen LogP) is 0.995. The zero-order valence-electron chi connectivity index (χ0n) is 11.2. The molecule has 0 radical (unpaired) electrons. The lowest BCUT2D eigenvalue weighted by molar-refractivity contribution is -0.118. The summed E-state index contributed by atoms with van der Waals surface area (Å²) in [7, 11) is 0. The van der Waals surface area contributed by atoms with E-state index in [0.717, 1.165) is 12.0 Å². The maximum Gasteiger partial charge on any atom is 0.194 e. The Bertz CT molecular complexity index is 536. The van der Waals surface area contributed by atoms with Crippen LogP contribution in [0.5, 0.6) is 0 Å². The van der Waals surface area contributed by atoms with Gasteiger partial charge in [0, 0.05) is 5.41 Å². The Morgan fingerprint density at radius 2 is 2.37 bits per heavy atom. The standard InChI is InChI=1S/C15H18O4/c1-7-4-10-12(18-10)9-5-11(17)15(8(2)6-16)13(19-15)14(7,9)3/h5,7,10,12-13,16H,2,4,6H2,1,3H3. The van der Waals surface area contributed by atoms with Gasteiger partial charge in [0.05, 0.1) is 12.7 Å². The fraction of sp³-hybridized carbons (Fsp3) is 0.667. The van der Waals surface area contributed by atoms with Crippen LogP contribution in [0.15, 0.2) is 23.8 Å². The maximum atomic E-state index is 12.4. The summed E-state index contributed by atoms with van der Waals surface area (Å²) in [6, 6.07) is 0. The minimum absolute atomic E-state index is 0.0765. The first-order valence-corrected chi connectivity index (χ1v) is 6.85. The van der Waals surface area contributed by atoms with E-state index in [9.17, 15) is 9.90 Å². The molecule has 0 aromatic carbocycles. The van der Waals surface area contributed by atoms with Gasteiger partial charge in [0.1, 0.15) is 12.2 Å². The molecule has 1 N–H and O–H groups in total. The van der Waals surface area contributed by atoms with E-state index in [1.807, 2.05) is 0 Å². The number of epoxide rings is 2. The number of aliphatic hydroxyl groups is 1. The molecule has 4 aliphatic rings. The Morgan fingerprint density at radius 1 is 1.63 bits per heavy atom. The van der Waals surface area contributed by atoms with Gasteiger partial charge in [-0.2, -0.15) is 0 Å². The molecule has 19 heavy (non-hydrogen) atoms. The van der Waals surface area contributed by atoms with Crippen molar-refractivity contribution in [1.82, 2.24) is 0 Å². The van der Waals surface area contributed by atoms with E-state index in [1.54, 1.807) is 6.08 Å². The van der Waals surface area contributed by atoms with Crippen molar-refractivity contribution in [2.45, 2.75) is 44.2 Å². The fourth-order valence-electron chi connectivity index (χ4n) is 4.12. The van der Waals surface area contributed by atoms with Crippen molar-refractivity contribution >= 4 is 5.78 Å². The first kappa shape index (κ1) is 11.8. The highest BCUT2D eigenvalue weighted by atomic mass is 16.6. The van der Waals surface area contributed by atoms with Crippen LogP contribution in [0.25, 0.3) is 0 Å². The molecular formula is C15H18O4. The van der Waals surface area contributed by atoms with Crippen molar-refractivity contribution in [3.63, 3.8) is 0 Å². The van der Waals surface area contributed by atoms with Crippen molar-refractivity contribution < 1.29 is 19.4 Å². The summed E-state index contributed by atoms with van der Waals surface area (Å²) >= 11 is 0. The zero-order valence-corrected chi connectivity index (χ0v) is 11.2. The minimum Gasteiger partial charge on any atom is -0.392 e. The van der Waals surface area contributed by atoms with Crippen LogP contribution in [-0.4, -0.2) is 41.4 Å². The average molecular weight is 262 g/mol. The van der Waals surface area contributed by atoms with Crippen LogP contribution in [0.3, 0.4) is 0 Å². The number of hydrogen-bond donors (Lipinski definition) is 1. The van der Waals surface area contributed by atoms with Gasteiger partial charge in [-0.05, 0) is 29.6 Å². The first-order valence-electron chi connectivity index (χ1n) is 6.85. The van der Waals surface area contributed by atoms with Crippen LogP contribution >= 0.6 is 0 Å². The molecule has 0 spiro atoms. The first-order chi connectivity index (χ1) is 8.96. The van der Waals surface area contributed by atoms with E-state index >= 15 is 0 Å². The molecule has 0 bridgehead atoms. The summed E-state index contributed by atoms with van der Waals surface area (Å²) in [6.07, 6.45) is 2.91. The Balaban J connectivity index is 1.83. The number of ketones is 1. The highest BCUT2D eigenvalue weighted by Gasteiger charge is 2.76. The van der Waals surface area contributed by atoms with Gasteiger partial charge < -0.3 is 14.6 Å². The Morgan fingerprint density at radius 3 is 3.05 bits per heavy atom. The molecule has 4 nitrogen and oxygen atoms in total. The highest BCUT2D eigenvalue weighted by molar-refractivity contribution is 6.05. The molecule has 2 heterocycles. The van der Waals surface area contributed by atoms with E-state index in [2.05, 4.69) is 20.4 Å². The van der Waals surface area contributed by atoms with Crippen LogP contribution in [0.1, 0.15) is 20.3 Å². The third kappa shape index (κ3) is 1.14. The molecule has 0 aromatic heterocycles. The molecular weight excluding hydrogens is 244 g/mol. The quantitative estimate of drug-likeness (QED) is 0.595. The normalized spacial score (nSPS) is 53.6. The van der Waals surface area contributed by atoms with E-state index in [0.29, 0.717) is 11.5 Å². The Labute approximate surface area is 112 Å². The summed E-state index contributed by atoms with van der Waals surface area (Å²) in [5.41, 5.74) is 0.419. The smallest absolute Gasteiger partial charge is 0.194 e. The molecule has 2 aliphatic carbocycles. The van der Waals surface area contributed by atoms with Gasteiger partial charge in [-0.25, -0.2) is 0 Å². The van der Waals surface area contributed by atoms with Crippen LogP contribution in [0.2, 0.25) is 0 Å². The van der Waals surface area contributed by atoms with Crippen LogP contribution in [0.4, 0.5) is 0 Å². The second-order valence-corrected chi connectivity index (χ2v) is 6.47. The number of ether oxygens (including phenoxy) is 2. The predicted molar refractivity (Wildman–Crippen MR) is 67.5 cm³/mol. The fourth-order valence-corrected chi connectivity index (χ4v) is 4.12. The number of hydrogen-bond acceptors (Lipinski definition) is 4. The van der Waals surface area contributed by atoms with Gasteiger partial charge in [-0.3, -0.25) is 4.79 Å². The van der Waals surface area contributed by atoms with E-state index in [-0.39, 0.29) is 36.1 Å². The largest absolute Gasteiger partial charge is 0.392 e. The second-order valence-electron chi connectivity index (χ2n) is 6.47. The zero-order chi connectivity index (χ0) is 13.6. The van der Waals surface area contributed by atoms with Gasteiger partial charge in [0.25, 0.3) is 0 Å². The molecule has 102 valence electrons. The molecule has 6 unspecified atom stereocenters. The second kappa shape index (κ2) is 3.19. The topological polar surface area (TPSA) is 62.4 Å². The van der Waals surface area contributed by atoms with Gasteiger partial charge in [0.15, 0.2) is 11.4 Å². The lowest BCUT2D eigenvalue weighted by Crippen LogP contribution is -2.48. The average Bonchev–Trinajstić information content (AvgIpc) is 3.24. The Kier molecular flexibility index (Phi) is 1.99. The van der Waals surface area contributed by atoms with Crippen LogP contribution in [0, 0.1) is 11.3 Å². The molecule has 2 aliphatic heterocycles. The summed E-state index contributed by atoms with van der Waals surface area (Å²) < 4.78 is 11.5. The third-order valence-corrected chi connectivity index (χ3v) is 5.65. The Hall–Kier alpha value is -0.970. The summed E-state index contributed by atoms with van der Waals surface area (Å²) in [5.74, 6) is 0.321. The van der Waals surface area contributed by atoms with Crippen molar-refractivity contribution in [2.75, 3.05) is 6.61 Å². The number of fused-ring (bicyclic) bond motifs is 5. The molecule has 0 aromatic rings. The lowest BCUT2D eigenvalue weighted by Gasteiger charge is -2.42. The van der Waals surface area contributed by atoms with E-state index < -0.39 is 5.60 Å². The van der Waals surface area contributed by atoms with Gasteiger partial charge in [-0.15, -0.1) is 0 Å². The minimum atomic E-state index is -0.969. The molecule has 0 amide bonds. The maximum absolute atomic E-state index is 12.4. The number of carbonyl (C=O) groups excluding carboxylic acids is 1. The summed E-state index contributed by atoms with van der Waals surface area (Å²) in [5, 5.41) is 9.33. The molecule has 4 heteroatoms. The summed E-state index contributed by atoms with van der Waals surface area (Å²) in [6.45, 7) is 7.97. The van der Waals surface area contributed by atoms with Crippen molar-refractivity contribution in [3.05, 3.63) is 23.8 Å². The van der Waals surface area contributed by atoms with Crippen molar-refractivity contribution in [3.8, 4) is 0 Å². The monoisotopic (exact) mass is 262 g/mol. The lowest BCUT2D eigenvalue weighted by atomic mass is 9.57. The number of rotatable bonds is 2. The molecule has 1 saturated carbocycles. The highest BCUT2D eigenvalue weighted by Crippen LogP contribution is 2.66. The van der Waals surface area contributed by atoms with Gasteiger partial charge >= 0.3 is 0 Å². The number of aliphatic hydroxyl groups excluding tert-OH is 1. The van der Waals surface area contributed by atoms with Crippen molar-refractivity contribution in [1.29, 1.82) is 0 Å². The summed E-state index contributed by atoms with van der Waals surface area (Å²) in [4.78, 5) is 12.4. The number of carbonyl (C=O) groups is 1. The molecule has 4 rings (SSSR count).